The number of nitrogens with one attached hydrogen (secondary N) is 1. The molecule has 0 radical (unpaired) electrons. The van der Waals surface area contributed by atoms with E-state index in [-0.39, 0.29) is 18.4 Å². The summed E-state index contributed by atoms with van der Waals surface area (Å²) in [4.78, 5) is 0. The van der Waals surface area contributed by atoms with Gasteiger partial charge in [0.05, 0.1) is 23.3 Å². The fraction of sp³-hybridized carbons (Fsp3) is 0.900. The van der Waals surface area contributed by atoms with E-state index >= 15 is 0 Å². The Hall–Kier alpha value is -0.640. The van der Waals surface area contributed by atoms with Crippen LogP contribution in [0.1, 0.15) is 26.7 Å². The van der Waals surface area contributed by atoms with Crippen LogP contribution in [0.3, 0.4) is 0 Å². The third-order valence-corrected chi connectivity index (χ3v) is 3.86. The maximum absolute atomic E-state index is 11.6. The molecule has 6 heteroatoms. The quantitative estimate of drug-likeness (QED) is 0.772. The van der Waals surface area contributed by atoms with Gasteiger partial charge in [-0.2, -0.15) is 5.26 Å². The van der Waals surface area contributed by atoms with Gasteiger partial charge in [0.15, 0.2) is 0 Å². The second-order valence-corrected chi connectivity index (χ2v) is 6.58. The van der Waals surface area contributed by atoms with Crippen molar-refractivity contribution in [2.45, 2.75) is 32.8 Å². The molecule has 5 nitrogen and oxygen atoms in total. The first-order chi connectivity index (χ1) is 7.35. The summed E-state index contributed by atoms with van der Waals surface area (Å²) in [5.41, 5.74) is -0.677. The predicted octanol–water partition coefficient (Wildman–Crippen LogP) is 0.635. The van der Waals surface area contributed by atoms with Crippen LogP contribution in [0.2, 0.25) is 0 Å². The Kier molecular flexibility index (Phi) is 4.30. The van der Waals surface area contributed by atoms with Crippen LogP contribution in [0.5, 0.6) is 0 Å². The van der Waals surface area contributed by atoms with Gasteiger partial charge >= 0.3 is 0 Å². The second-order valence-electron chi connectivity index (χ2n) is 4.73. The Morgan fingerprint density at radius 1 is 1.56 bits per heavy atom. The highest BCUT2D eigenvalue weighted by atomic mass is 32.2. The summed E-state index contributed by atoms with van der Waals surface area (Å²) in [6.45, 7) is 4.17. The molecule has 1 atom stereocenters. The molecule has 92 valence electrons. The molecule has 1 aliphatic rings. The smallest absolute Gasteiger partial charge is 0.214 e. The Labute approximate surface area is 96.8 Å². The van der Waals surface area contributed by atoms with Gasteiger partial charge in [-0.15, -0.1) is 0 Å². The van der Waals surface area contributed by atoms with Crippen LogP contribution in [0, 0.1) is 16.7 Å². The zero-order valence-corrected chi connectivity index (χ0v) is 10.5. The molecular formula is C10H18N2O3S. The molecule has 1 aliphatic heterocycles. The Morgan fingerprint density at radius 3 is 2.75 bits per heavy atom. The lowest BCUT2D eigenvalue weighted by atomic mass is 9.97. The van der Waals surface area contributed by atoms with E-state index < -0.39 is 15.4 Å². The fourth-order valence-corrected chi connectivity index (χ4v) is 2.86. The first kappa shape index (κ1) is 13.4. The minimum absolute atomic E-state index is 0.00545. The Balaban J connectivity index is 2.43. The minimum Gasteiger partial charge on any atom is -0.377 e. The minimum atomic E-state index is -3.33. The average molecular weight is 246 g/mol. The van der Waals surface area contributed by atoms with E-state index in [4.69, 9.17) is 10.00 Å². The molecular weight excluding hydrogens is 228 g/mol. The first-order valence-corrected chi connectivity index (χ1v) is 7.00. The monoisotopic (exact) mass is 246 g/mol. The molecule has 1 fully saturated rings. The lowest BCUT2D eigenvalue weighted by molar-refractivity contribution is 0.127. The largest absolute Gasteiger partial charge is 0.377 e. The van der Waals surface area contributed by atoms with Gasteiger partial charge in [0, 0.05) is 13.2 Å². The molecule has 1 saturated heterocycles. The van der Waals surface area contributed by atoms with Crippen molar-refractivity contribution in [1.82, 2.24) is 4.72 Å². The SMILES string of the molecule is CC(C)(C#N)CNS(=O)(=O)CC1CCCO1. The normalized spacial score (nSPS) is 21.9. The van der Waals surface area contributed by atoms with Crippen LogP contribution in [-0.2, 0) is 14.8 Å². The van der Waals surface area contributed by atoms with Gasteiger partial charge in [-0.25, -0.2) is 13.1 Å². The summed E-state index contributed by atoms with van der Waals surface area (Å²) >= 11 is 0. The number of nitriles is 1. The van der Waals surface area contributed by atoms with Crippen molar-refractivity contribution in [1.29, 1.82) is 5.26 Å². The molecule has 16 heavy (non-hydrogen) atoms. The maximum Gasteiger partial charge on any atom is 0.214 e. The van der Waals surface area contributed by atoms with E-state index in [1.54, 1.807) is 13.8 Å². The van der Waals surface area contributed by atoms with E-state index in [0.29, 0.717) is 6.61 Å². The summed E-state index contributed by atoms with van der Waals surface area (Å²) in [6.07, 6.45) is 1.52. The highest BCUT2D eigenvalue weighted by Gasteiger charge is 2.25. The van der Waals surface area contributed by atoms with E-state index in [1.165, 1.54) is 0 Å². The van der Waals surface area contributed by atoms with Crippen molar-refractivity contribution in [3.05, 3.63) is 0 Å². The summed E-state index contributed by atoms with van der Waals surface area (Å²) in [6, 6.07) is 2.05. The molecule has 0 aromatic rings. The number of rotatable bonds is 5. The third kappa shape index (κ3) is 4.47. The summed E-state index contributed by atoms with van der Waals surface area (Å²) in [5, 5.41) is 8.77. The van der Waals surface area contributed by atoms with E-state index in [9.17, 15) is 8.42 Å². The Bertz CT molecular complexity index is 364. The van der Waals surface area contributed by atoms with Gasteiger partial charge in [-0.1, -0.05) is 0 Å². The van der Waals surface area contributed by atoms with Crippen molar-refractivity contribution in [2.75, 3.05) is 18.9 Å². The maximum atomic E-state index is 11.6. The van der Waals surface area contributed by atoms with Crippen molar-refractivity contribution in [3.8, 4) is 6.07 Å². The number of nitrogens with zero attached hydrogens (tertiary/aromatic N) is 1. The van der Waals surface area contributed by atoms with Gasteiger partial charge in [0.1, 0.15) is 0 Å². The lowest BCUT2D eigenvalue weighted by Crippen LogP contribution is -2.37. The molecule has 0 aromatic carbocycles. The van der Waals surface area contributed by atoms with Crippen LogP contribution in [0.4, 0.5) is 0 Å². The summed E-state index contributed by atoms with van der Waals surface area (Å²) < 4.78 is 31.0. The van der Waals surface area contributed by atoms with Gasteiger partial charge in [-0.3, -0.25) is 0 Å². The number of hydrogen-bond donors (Lipinski definition) is 1. The standard InChI is InChI=1S/C10H18N2O3S/c1-10(2,7-11)8-12-16(13,14)6-9-4-3-5-15-9/h9,12H,3-6,8H2,1-2H3. The molecule has 0 aliphatic carbocycles. The van der Waals surface area contributed by atoms with Gasteiger partial charge in [-0.05, 0) is 26.7 Å². The van der Waals surface area contributed by atoms with Crippen LogP contribution < -0.4 is 4.72 Å². The molecule has 1 unspecified atom stereocenters. The molecule has 0 bridgehead atoms. The highest BCUT2D eigenvalue weighted by Crippen LogP contribution is 2.15. The summed E-state index contributed by atoms with van der Waals surface area (Å²) in [7, 11) is -3.33. The molecule has 0 spiro atoms. The Morgan fingerprint density at radius 2 is 2.25 bits per heavy atom. The lowest BCUT2D eigenvalue weighted by Gasteiger charge is -2.17. The van der Waals surface area contributed by atoms with Gasteiger partial charge in [0.2, 0.25) is 10.0 Å². The van der Waals surface area contributed by atoms with Crippen LogP contribution in [0.25, 0.3) is 0 Å². The molecule has 0 saturated carbocycles. The number of ether oxygens (including phenoxy) is 1. The van der Waals surface area contributed by atoms with Crippen LogP contribution in [-0.4, -0.2) is 33.4 Å². The predicted molar refractivity (Wildman–Crippen MR) is 60.2 cm³/mol. The van der Waals surface area contributed by atoms with Crippen molar-refractivity contribution in [3.63, 3.8) is 0 Å². The molecule has 1 N–H and O–H groups in total. The highest BCUT2D eigenvalue weighted by molar-refractivity contribution is 7.89. The van der Waals surface area contributed by atoms with E-state index in [0.717, 1.165) is 12.8 Å². The van der Waals surface area contributed by atoms with E-state index in [2.05, 4.69) is 4.72 Å². The van der Waals surface area contributed by atoms with Crippen LogP contribution in [0.15, 0.2) is 0 Å². The van der Waals surface area contributed by atoms with Crippen molar-refractivity contribution in [2.24, 2.45) is 5.41 Å². The first-order valence-electron chi connectivity index (χ1n) is 5.35. The van der Waals surface area contributed by atoms with Crippen LogP contribution >= 0.6 is 0 Å². The topological polar surface area (TPSA) is 79.2 Å². The molecule has 0 amide bonds. The van der Waals surface area contributed by atoms with Gasteiger partial charge in [0.25, 0.3) is 0 Å². The van der Waals surface area contributed by atoms with E-state index in [1.807, 2.05) is 6.07 Å². The number of sulfonamides is 1. The summed E-state index contributed by atoms with van der Waals surface area (Å²) in [5.74, 6) is -0.00545. The zero-order chi connectivity index (χ0) is 12.2. The molecule has 1 heterocycles. The van der Waals surface area contributed by atoms with Gasteiger partial charge < -0.3 is 4.74 Å². The third-order valence-electron chi connectivity index (χ3n) is 2.47. The average Bonchev–Trinajstić information content (AvgIpc) is 2.67. The number of hydrogen-bond acceptors (Lipinski definition) is 4. The molecule has 0 aromatic heterocycles. The second kappa shape index (κ2) is 5.13. The zero-order valence-electron chi connectivity index (χ0n) is 9.69. The van der Waals surface area contributed by atoms with Crippen molar-refractivity contribution >= 4 is 10.0 Å². The molecule has 1 rings (SSSR count). The van der Waals surface area contributed by atoms with Crippen molar-refractivity contribution < 1.29 is 13.2 Å². The fourth-order valence-electron chi connectivity index (χ4n) is 1.41.